The van der Waals surface area contributed by atoms with Gasteiger partial charge >= 0.3 is 12.0 Å². The monoisotopic (exact) mass is 290 g/mol. The summed E-state index contributed by atoms with van der Waals surface area (Å²) in [6, 6.07) is 8.19. The van der Waals surface area contributed by atoms with E-state index in [1.807, 2.05) is 35.6 Å². The molecule has 1 aromatic carbocycles. The molecule has 0 spiro atoms. The third-order valence-electron chi connectivity index (χ3n) is 2.56. The van der Waals surface area contributed by atoms with Crippen molar-refractivity contribution >= 4 is 24.0 Å². The van der Waals surface area contributed by atoms with Crippen LogP contribution in [-0.4, -0.2) is 24.0 Å². The molecule has 6 nitrogen and oxygen atoms in total. The van der Waals surface area contributed by atoms with Gasteiger partial charge < -0.3 is 10.5 Å². The Balaban J connectivity index is 2.67. The molecular formula is C15H18N2O4. The number of rotatable bonds is 5. The maximum atomic E-state index is 11.7. The lowest BCUT2D eigenvalue weighted by molar-refractivity contribution is -0.153. The third-order valence-corrected chi connectivity index (χ3v) is 2.56. The lowest BCUT2D eigenvalue weighted by Crippen LogP contribution is -2.45. The number of esters is 1. The molecule has 1 unspecified atom stereocenters. The molecule has 1 rings (SSSR count). The van der Waals surface area contributed by atoms with E-state index in [1.165, 1.54) is 6.08 Å². The molecule has 0 heterocycles. The first-order valence-corrected chi connectivity index (χ1v) is 6.44. The third kappa shape index (κ3) is 5.90. The second kappa shape index (κ2) is 7.84. The van der Waals surface area contributed by atoms with Crippen molar-refractivity contribution in [3.8, 4) is 0 Å². The number of hydrogen-bond acceptors (Lipinski definition) is 4. The highest BCUT2D eigenvalue weighted by Gasteiger charge is 2.26. The van der Waals surface area contributed by atoms with Crippen molar-refractivity contribution in [2.45, 2.75) is 20.0 Å². The summed E-state index contributed by atoms with van der Waals surface area (Å²) in [7, 11) is 0. The van der Waals surface area contributed by atoms with E-state index in [0.29, 0.717) is 0 Å². The largest absolute Gasteiger partial charge is 0.449 e. The van der Waals surface area contributed by atoms with Crippen LogP contribution in [-0.2, 0) is 14.3 Å². The second-order valence-corrected chi connectivity index (χ2v) is 4.70. The number of carbonyl (C=O) groups excluding carboxylic acids is 3. The van der Waals surface area contributed by atoms with Crippen LogP contribution in [0.1, 0.15) is 19.4 Å². The lowest BCUT2D eigenvalue weighted by Gasteiger charge is -2.18. The number of imide groups is 1. The zero-order valence-electron chi connectivity index (χ0n) is 11.9. The number of carbonyl (C=O) groups is 3. The second-order valence-electron chi connectivity index (χ2n) is 4.70. The standard InChI is InChI=1S/C15H18N2O4/c1-10(2)13(14(19)17-15(16)20)21-12(18)9-8-11-6-4-3-5-7-11/h3-10,13H,1-2H3,(H3,16,17,19,20)/b9-8+. The van der Waals surface area contributed by atoms with Crippen LogP contribution in [0.5, 0.6) is 0 Å². The number of nitrogens with one attached hydrogen (secondary N) is 1. The molecule has 0 bridgehead atoms. The molecule has 21 heavy (non-hydrogen) atoms. The quantitative estimate of drug-likeness (QED) is 0.633. The van der Waals surface area contributed by atoms with Crippen molar-refractivity contribution in [3.05, 3.63) is 42.0 Å². The predicted molar refractivity (Wildman–Crippen MR) is 77.9 cm³/mol. The minimum absolute atomic E-state index is 0.293. The number of amides is 3. The van der Waals surface area contributed by atoms with Crippen LogP contribution in [0.15, 0.2) is 36.4 Å². The first-order valence-electron chi connectivity index (χ1n) is 6.44. The fourth-order valence-corrected chi connectivity index (χ4v) is 1.58. The SMILES string of the molecule is CC(C)C(OC(=O)/C=C/c1ccccc1)C(=O)NC(N)=O. The number of primary amides is 1. The predicted octanol–water partition coefficient (Wildman–Crippen LogP) is 1.46. The normalized spacial score (nSPS) is 12.1. The number of ether oxygens (including phenoxy) is 1. The van der Waals surface area contributed by atoms with Gasteiger partial charge in [-0.3, -0.25) is 10.1 Å². The molecule has 1 atom stereocenters. The highest BCUT2D eigenvalue weighted by atomic mass is 16.5. The fraction of sp³-hybridized carbons (Fsp3) is 0.267. The summed E-state index contributed by atoms with van der Waals surface area (Å²) < 4.78 is 5.05. The van der Waals surface area contributed by atoms with Gasteiger partial charge in [0.1, 0.15) is 0 Å². The first-order chi connectivity index (χ1) is 9.90. The fourth-order valence-electron chi connectivity index (χ4n) is 1.58. The van der Waals surface area contributed by atoms with E-state index < -0.39 is 24.0 Å². The van der Waals surface area contributed by atoms with E-state index in [0.717, 1.165) is 5.56 Å². The van der Waals surface area contributed by atoms with Crippen molar-refractivity contribution in [3.63, 3.8) is 0 Å². The zero-order valence-corrected chi connectivity index (χ0v) is 11.9. The van der Waals surface area contributed by atoms with E-state index in [2.05, 4.69) is 0 Å². The van der Waals surface area contributed by atoms with Gasteiger partial charge in [0.25, 0.3) is 5.91 Å². The van der Waals surface area contributed by atoms with Gasteiger partial charge in [-0.15, -0.1) is 0 Å². The van der Waals surface area contributed by atoms with Gasteiger partial charge in [-0.1, -0.05) is 44.2 Å². The Labute approximate surface area is 123 Å². The van der Waals surface area contributed by atoms with Crippen molar-refractivity contribution in [2.75, 3.05) is 0 Å². The molecule has 0 radical (unpaired) electrons. The summed E-state index contributed by atoms with van der Waals surface area (Å²) in [6.07, 6.45) is 1.72. The molecular weight excluding hydrogens is 272 g/mol. The van der Waals surface area contributed by atoms with Crippen LogP contribution in [0.2, 0.25) is 0 Å². The summed E-state index contributed by atoms with van der Waals surface area (Å²) in [6.45, 7) is 3.39. The Kier molecular flexibility index (Phi) is 6.13. The summed E-state index contributed by atoms with van der Waals surface area (Å²) >= 11 is 0. The smallest absolute Gasteiger partial charge is 0.331 e. The highest BCUT2D eigenvalue weighted by molar-refractivity contribution is 5.97. The van der Waals surface area contributed by atoms with Crippen LogP contribution in [0.4, 0.5) is 4.79 Å². The summed E-state index contributed by atoms with van der Waals surface area (Å²) in [4.78, 5) is 34.1. The molecule has 0 saturated heterocycles. The van der Waals surface area contributed by atoms with Crippen LogP contribution in [0.3, 0.4) is 0 Å². The topological polar surface area (TPSA) is 98.5 Å². The number of nitrogens with two attached hydrogens (primary N) is 1. The Morgan fingerprint density at radius 2 is 1.81 bits per heavy atom. The molecule has 0 aromatic heterocycles. The van der Waals surface area contributed by atoms with Gasteiger partial charge in [0.2, 0.25) is 0 Å². The average Bonchev–Trinajstić information content (AvgIpc) is 2.42. The van der Waals surface area contributed by atoms with E-state index in [-0.39, 0.29) is 5.92 Å². The molecule has 112 valence electrons. The Bertz CT molecular complexity index is 538. The van der Waals surface area contributed by atoms with E-state index in [1.54, 1.807) is 19.9 Å². The molecule has 0 aliphatic rings. The summed E-state index contributed by atoms with van der Waals surface area (Å²) in [5.41, 5.74) is 5.70. The zero-order chi connectivity index (χ0) is 15.8. The van der Waals surface area contributed by atoms with Gasteiger partial charge in [0.05, 0.1) is 0 Å². The van der Waals surface area contributed by atoms with Crippen molar-refractivity contribution in [1.29, 1.82) is 0 Å². The van der Waals surface area contributed by atoms with Crippen LogP contribution >= 0.6 is 0 Å². The van der Waals surface area contributed by atoms with Crippen LogP contribution < -0.4 is 11.1 Å². The van der Waals surface area contributed by atoms with Gasteiger partial charge in [-0.05, 0) is 17.6 Å². The number of hydrogen-bond donors (Lipinski definition) is 2. The van der Waals surface area contributed by atoms with Crippen molar-refractivity contribution in [2.24, 2.45) is 11.7 Å². The van der Waals surface area contributed by atoms with E-state index in [9.17, 15) is 14.4 Å². The Morgan fingerprint density at radius 1 is 1.19 bits per heavy atom. The molecule has 3 N–H and O–H groups in total. The summed E-state index contributed by atoms with van der Waals surface area (Å²) in [5, 5.41) is 1.90. The van der Waals surface area contributed by atoms with Crippen LogP contribution in [0.25, 0.3) is 6.08 Å². The molecule has 0 aliphatic carbocycles. The minimum atomic E-state index is -1.08. The van der Waals surface area contributed by atoms with Gasteiger partial charge in [0.15, 0.2) is 6.10 Å². The highest BCUT2D eigenvalue weighted by Crippen LogP contribution is 2.08. The number of benzene rings is 1. The molecule has 0 fully saturated rings. The molecule has 0 aliphatic heterocycles. The molecule has 6 heteroatoms. The van der Waals surface area contributed by atoms with Crippen molar-refractivity contribution in [1.82, 2.24) is 5.32 Å². The van der Waals surface area contributed by atoms with E-state index >= 15 is 0 Å². The van der Waals surface area contributed by atoms with Crippen molar-refractivity contribution < 1.29 is 19.1 Å². The lowest BCUT2D eigenvalue weighted by atomic mass is 10.1. The van der Waals surface area contributed by atoms with Crippen LogP contribution in [0, 0.1) is 5.92 Å². The van der Waals surface area contributed by atoms with Gasteiger partial charge in [0, 0.05) is 6.08 Å². The van der Waals surface area contributed by atoms with E-state index in [4.69, 9.17) is 10.5 Å². The number of urea groups is 1. The first kappa shape index (κ1) is 16.4. The molecule has 0 saturated carbocycles. The summed E-state index contributed by atoms with van der Waals surface area (Å²) in [5.74, 6) is -1.70. The Hall–Kier alpha value is -2.63. The molecule has 1 aromatic rings. The maximum Gasteiger partial charge on any atom is 0.331 e. The molecule has 3 amide bonds. The Morgan fingerprint density at radius 3 is 2.33 bits per heavy atom. The minimum Gasteiger partial charge on any atom is -0.449 e. The van der Waals surface area contributed by atoms with Gasteiger partial charge in [-0.25, -0.2) is 9.59 Å². The average molecular weight is 290 g/mol. The maximum absolute atomic E-state index is 11.7. The van der Waals surface area contributed by atoms with Gasteiger partial charge in [-0.2, -0.15) is 0 Å².